The van der Waals surface area contributed by atoms with Gasteiger partial charge >= 0.3 is 11.6 Å². The van der Waals surface area contributed by atoms with Crippen molar-refractivity contribution < 1.29 is 13.9 Å². The monoisotopic (exact) mass is 346 g/mol. The number of ether oxygens (including phenoxy) is 1. The lowest BCUT2D eigenvalue weighted by atomic mass is 10.1. The Labute approximate surface area is 140 Å². The van der Waals surface area contributed by atoms with Crippen LogP contribution in [0.15, 0.2) is 31.5 Å². The first-order valence-electron chi connectivity index (χ1n) is 7.12. The predicted molar refractivity (Wildman–Crippen MR) is 87.6 cm³/mol. The molecular weight excluding hydrogens is 332 g/mol. The van der Waals surface area contributed by atoms with Gasteiger partial charge in [-0.2, -0.15) is 0 Å². The molecule has 3 rings (SSSR count). The molecule has 0 saturated heterocycles. The molecular formula is C16H14N2O5S. The second-order valence-electron chi connectivity index (χ2n) is 5.34. The number of thiazole rings is 1. The number of hydrogen-bond acceptors (Lipinski definition) is 7. The molecule has 8 heteroatoms. The van der Waals surface area contributed by atoms with E-state index >= 15 is 0 Å². The topological polar surface area (TPSA) is 90.9 Å². The molecule has 0 bridgehead atoms. The third-order valence-electron chi connectivity index (χ3n) is 3.52. The summed E-state index contributed by atoms with van der Waals surface area (Å²) in [4.78, 5) is 40.4. The Bertz CT molecular complexity index is 1030. The van der Waals surface area contributed by atoms with E-state index in [0.29, 0.717) is 16.2 Å². The highest BCUT2D eigenvalue weighted by Gasteiger charge is 2.17. The maximum atomic E-state index is 12.2. The number of esters is 1. The van der Waals surface area contributed by atoms with Crippen LogP contribution in [-0.4, -0.2) is 15.4 Å². The molecule has 0 aliphatic carbocycles. The first-order valence-corrected chi connectivity index (χ1v) is 8.00. The summed E-state index contributed by atoms with van der Waals surface area (Å²) in [6, 6.07) is 2.57. The van der Waals surface area contributed by atoms with Gasteiger partial charge in [0.15, 0.2) is 4.96 Å². The first kappa shape index (κ1) is 16.1. The lowest BCUT2D eigenvalue weighted by molar-refractivity contribution is 0.0462. The summed E-state index contributed by atoms with van der Waals surface area (Å²) < 4.78 is 11.6. The normalized spacial score (nSPS) is 11.0. The highest BCUT2D eigenvalue weighted by atomic mass is 32.1. The quantitative estimate of drug-likeness (QED) is 0.674. The van der Waals surface area contributed by atoms with Crippen molar-refractivity contribution >= 4 is 22.3 Å². The average Bonchev–Trinajstić information content (AvgIpc) is 2.86. The predicted octanol–water partition coefficient (Wildman–Crippen LogP) is 1.99. The Kier molecular flexibility index (Phi) is 4.06. The lowest BCUT2D eigenvalue weighted by Gasteiger charge is -2.08. The van der Waals surface area contributed by atoms with E-state index in [1.165, 1.54) is 34.8 Å². The maximum absolute atomic E-state index is 12.2. The Morgan fingerprint density at radius 3 is 2.75 bits per heavy atom. The van der Waals surface area contributed by atoms with E-state index in [-0.39, 0.29) is 23.5 Å². The number of rotatable bonds is 3. The van der Waals surface area contributed by atoms with E-state index in [4.69, 9.17) is 9.15 Å². The summed E-state index contributed by atoms with van der Waals surface area (Å²) in [6.45, 7) is 4.84. The summed E-state index contributed by atoms with van der Waals surface area (Å²) in [5, 5.41) is 1.83. The zero-order valence-corrected chi connectivity index (χ0v) is 14.1. The molecule has 0 spiro atoms. The molecule has 0 saturated carbocycles. The van der Waals surface area contributed by atoms with E-state index in [9.17, 15) is 14.4 Å². The molecule has 0 aromatic carbocycles. The Hall–Kier alpha value is -2.74. The molecule has 0 aliphatic rings. The van der Waals surface area contributed by atoms with Gasteiger partial charge in [-0.15, -0.1) is 11.3 Å². The fraction of sp³-hybridized carbons (Fsp3) is 0.250. The number of carbonyl (C=O) groups excluding carboxylic acids is 1. The Balaban J connectivity index is 1.85. The van der Waals surface area contributed by atoms with Crippen LogP contribution in [0.25, 0.3) is 4.96 Å². The van der Waals surface area contributed by atoms with Crippen molar-refractivity contribution in [2.45, 2.75) is 27.4 Å². The zero-order valence-electron chi connectivity index (χ0n) is 13.3. The van der Waals surface area contributed by atoms with Crippen LogP contribution in [0.2, 0.25) is 0 Å². The molecule has 3 aromatic rings. The number of hydrogen-bond donors (Lipinski definition) is 0. The van der Waals surface area contributed by atoms with Gasteiger partial charge in [0.2, 0.25) is 0 Å². The fourth-order valence-electron chi connectivity index (χ4n) is 2.45. The van der Waals surface area contributed by atoms with Crippen molar-refractivity contribution in [2.24, 2.45) is 0 Å². The van der Waals surface area contributed by atoms with Crippen molar-refractivity contribution in [3.63, 3.8) is 0 Å². The molecule has 0 aliphatic heterocycles. The van der Waals surface area contributed by atoms with Crippen LogP contribution >= 0.6 is 11.3 Å². The van der Waals surface area contributed by atoms with Gasteiger partial charge in [-0.1, -0.05) is 0 Å². The van der Waals surface area contributed by atoms with Crippen molar-refractivity contribution in [1.82, 2.24) is 9.38 Å². The number of aryl methyl sites for hydroxylation is 3. The second kappa shape index (κ2) is 6.04. The lowest BCUT2D eigenvalue weighted by Crippen LogP contribution is -2.17. The minimum atomic E-state index is -0.627. The third kappa shape index (κ3) is 2.88. The Morgan fingerprint density at radius 1 is 1.29 bits per heavy atom. The van der Waals surface area contributed by atoms with Crippen molar-refractivity contribution in [2.75, 3.05) is 0 Å². The van der Waals surface area contributed by atoms with E-state index in [2.05, 4.69) is 4.98 Å². The molecule has 0 amide bonds. The average molecular weight is 346 g/mol. The van der Waals surface area contributed by atoms with Crippen LogP contribution in [0.4, 0.5) is 0 Å². The van der Waals surface area contributed by atoms with Crippen LogP contribution < -0.4 is 11.2 Å². The second-order valence-corrected chi connectivity index (χ2v) is 6.17. The first-order chi connectivity index (χ1) is 11.4. The van der Waals surface area contributed by atoms with Gasteiger partial charge < -0.3 is 9.15 Å². The van der Waals surface area contributed by atoms with Crippen LogP contribution in [0, 0.1) is 20.8 Å². The number of fused-ring (bicyclic) bond motifs is 1. The summed E-state index contributed by atoms with van der Waals surface area (Å²) in [5.41, 5.74) is 1.12. The zero-order chi connectivity index (χ0) is 17.4. The molecule has 0 atom stereocenters. The van der Waals surface area contributed by atoms with Gasteiger partial charge in [0.05, 0.1) is 5.69 Å². The summed E-state index contributed by atoms with van der Waals surface area (Å²) >= 11 is 1.34. The Morgan fingerprint density at radius 2 is 2.04 bits per heavy atom. The summed E-state index contributed by atoms with van der Waals surface area (Å²) in [6.07, 6.45) is 0. The number of nitrogens with zero attached hydrogens (tertiary/aromatic N) is 2. The molecule has 7 nitrogen and oxygen atoms in total. The van der Waals surface area contributed by atoms with E-state index in [1.54, 1.807) is 6.92 Å². The molecule has 124 valence electrons. The van der Waals surface area contributed by atoms with Crippen molar-refractivity contribution in [3.8, 4) is 0 Å². The minimum Gasteiger partial charge on any atom is -0.455 e. The summed E-state index contributed by atoms with van der Waals surface area (Å²) in [5.74, 6) is -0.430. The molecule has 0 unspecified atom stereocenters. The van der Waals surface area contributed by atoms with E-state index < -0.39 is 11.6 Å². The van der Waals surface area contributed by atoms with Crippen LogP contribution in [-0.2, 0) is 11.3 Å². The minimum absolute atomic E-state index is 0.139. The van der Waals surface area contributed by atoms with Gasteiger partial charge in [0.25, 0.3) is 5.56 Å². The maximum Gasteiger partial charge on any atom is 0.342 e. The third-order valence-corrected chi connectivity index (χ3v) is 4.46. The molecule has 3 aromatic heterocycles. The van der Waals surface area contributed by atoms with Gasteiger partial charge in [-0.25, -0.2) is 14.6 Å². The molecule has 3 heterocycles. The largest absolute Gasteiger partial charge is 0.455 e. The molecule has 0 fully saturated rings. The van der Waals surface area contributed by atoms with E-state index in [0.717, 1.165) is 5.69 Å². The standard InChI is InChI=1S/C16H14N2O5S/c1-8-4-13(20)23-10(3)14(8)15(21)22-6-11-5-12(19)18-9(2)7-24-16(18)17-11/h4-5,7H,6H2,1-3H3. The van der Waals surface area contributed by atoms with Crippen molar-refractivity contribution in [3.05, 3.63) is 66.6 Å². The van der Waals surface area contributed by atoms with Gasteiger partial charge in [-0.05, 0) is 26.3 Å². The highest BCUT2D eigenvalue weighted by Crippen LogP contribution is 2.15. The number of aromatic nitrogens is 2. The summed E-state index contributed by atoms with van der Waals surface area (Å²) in [7, 11) is 0. The highest BCUT2D eigenvalue weighted by molar-refractivity contribution is 7.15. The SMILES string of the molecule is Cc1cc(=O)oc(C)c1C(=O)OCc1cc(=O)n2c(C)csc2n1. The molecule has 24 heavy (non-hydrogen) atoms. The smallest absolute Gasteiger partial charge is 0.342 e. The van der Waals surface area contributed by atoms with Crippen LogP contribution in [0.3, 0.4) is 0 Å². The molecule has 0 N–H and O–H groups in total. The fourth-order valence-corrected chi connectivity index (χ4v) is 3.34. The number of carbonyl (C=O) groups is 1. The van der Waals surface area contributed by atoms with Gasteiger partial charge in [0.1, 0.15) is 17.9 Å². The molecule has 0 radical (unpaired) electrons. The van der Waals surface area contributed by atoms with Gasteiger partial charge in [-0.3, -0.25) is 9.20 Å². The van der Waals surface area contributed by atoms with Gasteiger partial charge in [0, 0.05) is 23.2 Å². The van der Waals surface area contributed by atoms with Crippen LogP contribution in [0.1, 0.15) is 33.1 Å². The van der Waals surface area contributed by atoms with Crippen molar-refractivity contribution in [1.29, 1.82) is 0 Å². The van der Waals surface area contributed by atoms with Crippen LogP contribution in [0.5, 0.6) is 0 Å². The van der Waals surface area contributed by atoms with E-state index in [1.807, 2.05) is 12.3 Å².